The van der Waals surface area contributed by atoms with Crippen LogP contribution in [0.1, 0.15) is 12.8 Å². The molecule has 1 rings (SSSR count). The van der Waals surface area contributed by atoms with Crippen LogP contribution in [-0.2, 0) is 14.3 Å². The monoisotopic (exact) mass is 232 g/mol. The molecule has 1 heterocycles. The number of thioether (sulfide) groups is 1. The number of rotatable bonds is 5. The summed E-state index contributed by atoms with van der Waals surface area (Å²) in [6, 6.07) is -0.343. The molecule has 0 bridgehead atoms. The van der Waals surface area contributed by atoms with Crippen LogP contribution in [0, 0.1) is 0 Å². The van der Waals surface area contributed by atoms with E-state index < -0.39 is 12.0 Å². The molecule has 2 atom stereocenters. The number of hydrogen-bond acceptors (Lipinski definition) is 5. The van der Waals surface area contributed by atoms with Crippen LogP contribution in [0.4, 0.5) is 0 Å². The molecule has 5 nitrogen and oxygen atoms in total. The van der Waals surface area contributed by atoms with Gasteiger partial charge in [0.05, 0.1) is 7.11 Å². The van der Waals surface area contributed by atoms with Gasteiger partial charge in [0.25, 0.3) is 0 Å². The van der Waals surface area contributed by atoms with Gasteiger partial charge < -0.3 is 15.8 Å². The number of nitrogens with two attached hydrogens (primary N) is 1. The molecule has 1 aliphatic heterocycles. The predicted octanol–water partition coefficient (Wildman–Crippen LogP) is -0.501. The van der Waals surface area contributed by atoms with Crippen LogP contribution in [0.25, 0.3) is 0 Å². The minimum Gasteiger partial charge on any atom is -0.468 e. The van der Waals surface area contributed by atoms with Crippen molar-refractivity contribution in [1.29, 1.82) is 0 Å². The third-order valence-electron chi connectivity index (χ3n) is 2.21. The molecule has 0 aromatic heterocycles. The second-order valence-corrected chi connectivity index (χ2v) is 4.55. The van der Waals surface area contributed by atoms with E-state index >= 15 is 0 Å². The molecule has 0 radical (unpaired) electrons. The van der Waals surface area contributed by atoms with Crippen molar-refractivity contribution in [1.82, 2.24) is 5.32 Å². The Morgan fingerprint density at radius 3 is 3.07 bits per heavy atom. The molecule has 15 heavy (non-hydrogen) atoms. The molecule has 1 saturated heterocycles. The molecule has 1 aliphatic rings. The highest BCUT2D eigenvalue weighted by Gasteiger charge is 2.21. The summed E-state index contributed by atoms with van der Waals surface area (Å²) in [6.45, 7) is 0. The van der Waals surface area contributed by atoms with Gasteiger partial charge in [-0.15, -0.1) is 0 Å². The van der Waals surface area contributed by atoms with E-state index in [2.05, 4.69) is 10.1 Å². The summed E-state index contributed by atoms with van der Waals surface area (Å²) in [5.41, 5.74) is 5.56. The topological polar surface area (TPSA) is 81.4 Å². The highest BCUT2D eigenvalue weighted by atomic mass is 32.2. The maximum absolute atomic E-state index is 11.0. The average Bonchev–Trinajstić information content (AvgIpc) is 2.63. The lowest BCUT2D eigenvalue weighted by Crippen LogP contribution is -2.35. The van der Waals surface area contributed by atoms with E-state index in [-0.39, 0.29) is 11.9 Å². The zero-order chi connectivity index (χ0) is 11.3. The van der Waals surface area contributed by atoms with E-state index in [1.165, 1.54) is 7.11 Å². The van der Waals surface area contributed by atoms with E-state index in [1.807, 2.05) is 0 Å². The lowest BCUT2D eigenvalue weighted by atomic mass is 10.2. The standard InChI is InChI=1S/C9H16N2O3S/c1-14-9(13)7(10)5-15-4-6-2-3-8(12)11-6/h6-7H,2-5,10H2,1H3,(H,11,12). The first-order valence-electron chi connectivity index (χ1n) is 4.84. The van der Waals surface area contributed by atoms with Gasteiger partial charge in [0.2, 0.25) is 5.91 Å². The molecule has 0 aromatic rings. The molecule has 0 aliphatic carbocycles. The SMILES string of the molecule is COC(=O)C(N)CSCC1CCC(=O)N1. The fourth-order valence-corrected chi connectivity index (χ4v) is 2.42. The molecule has 1 amide bonds. The van der Waals surface area contributed by atoms with Crippen LogP contribution in [0.15, 0.2) is 0 Å². The van der Waals surface area contributed by atoms with Crippen molar-refractivity contribution in [2.45, 2.75) is 24.9 Å². The molecule has 0 saturated carbocycles. The molecule has 0 spiro atoms. The van der Waals surface area contributed by atoms with Crippen molar-refractivity contribution in [3.63, 3.8) is 0 Å². The summed E-state index contributed by atoms with van der Waals surface area (Å²) in [5.74, 6) is 1.05. The Kier molecular flexibility index (Phi) is 4.90. The van der Waals surface area contributed by atoms with Gasteiger partial charge in [-0.3, -0.25) is 9.59 Å². The van der Waals surface area contributed by atoms with Crippen molar-refractivity contribution in [3.05, 3.63) is 0 Å². The van der Waals surface area contributed by atoms with Gasteiger partial charge in [-0.1, -0.05) is 0 Å². The molecule has 86 valence electrons. The van der Waals surface area contributed by atoms with Crippen LogP contribution in [0.5, 0.6) is 0 Å². The van der Waals surface area contributed by atoms with E-state index in [1.54, 1.807) is 11.8 Å². The van der Waals surface area contributed by atoms with Crippen LogP contribution in [0.3, 0.4) is 0 Å². The van der Waals surface area contributed by atoms with Crippen LogP contribution < -0.4 is 11.1 Å². The largest absolute Gasteiger partial charge is 0.468 e. The fourth-order valence-electron chi connectivity index (χ4n) is 1.36. The van der Waals surface area contributed by atoms with Crippen molar-refractivity contribution < 1.29 is 14.3 Å². The average molecular weight is 232 g/mol. The first-order valence-corrected chi connectivity index (χ1v) is 5.99. The van der Waals surface area contributed by atoms with Gasteiger partial charge in [0, 0.05) is 24.0 Å². The number of hydrogen-bond donors (Lipinski definition) is 2. The lowest BCUT2D eigenvalue weighted by molar-refractivity contribution is -0.141. The molecule has 1 fully saturated rings. The van der Waals surface area contributed by atoms with Crippen molar-refractivity contribution in [3.8, 4) is 0 Å². The number of amides is 1. The highest BCUT2D eigenvalue weighted by molar-refractivity contribution is 7.99. The van der Waals surface area contributed by atoms with Crippen LogP contribution in [-0.4, -0.2) is 42.6 Å². The number of methoxy groups -OCH3 is 1. The molecule has 6 heteroatoms. The lowest BCUT2D eigenvalue weighted by Gasteiger charge is -2.11. The maximum Gasteiger partial charge on any atom is 0.323 e. The van der Waals surface area contributed by atoms with Gasteiger partial charge in [0.15, 0.2) is 0 Å². The van der Waals surface area contributed by atoms with Gasteiger partial charge in [-0.25, -0.2) is 0 Å². The Balaban J connectivity index is 2.11. The Bertz CT molecular complexity index is 248. The van der Waals surface area contributed by atoms with Gasteiger partial charge in [0.1, 0.15) is 6.04 Å². The first kappa shape index (κ1) is 12.3. The molecular formula is C9H16N2O3S. The van der Waals surface area contributed by atoms with E-state index in [4.69, 9.17) is 5.73 Å². The Labute approximate surface area is 93.1 Å². The second kappa shape index (κ2) is 5.97. The Morgan fingerprint density at radius 2 is 2.53 bits per heavy atom. The third kappa shape index (κ3) is 4.09. The third-order valence-corrected chi connectivity index (χ3v) is 3.44. The zero-order valence-corrected chi connectivity index (χ0v) is 9.51. The predicted molar refractivity (Wildman–Crippen MR) is 58.5 cm³/mol. The van der Waals surface area contributed by atoms with E-state index in [9.17, 15) is 9.59 Å². The molecule has 0 aromatic carbocycles. The summed E-state index contributed by atoms with van der Waals surface area (Å²) in [4.78, 5) is 21.8. The maximum atomic E-state index is 11.0. The Morgan fingerprint density at radius 1 is 1.80 bits per heavy atom. The van der Waals surface area contributed by atoms with Gasteiger partial charge in [-0.05, 0) is 6.42 Å². The van der Waals surface area contributed by atoms with E-state index in [0.29, 0.717) is 12.2 Å². The van der Waals surface area contributed by atoms with Gasteiger partial charge in [-0.2, -0.15) is 11.8 Å². The molecule has 3 N–H and O–H groups in total. The summed E-state index contributed by atoms with van der Waals surface area (Å²) >= 11 is 1.56. The quantitative estimate of drug-likeness (QED) is 0.624. The van der Waals surface area contributed by atoms with Gasteiger partial charge >= 0.3 is 5.97 Å². The number of esters is 1. The van der Waals surface area contributed by atoms with Crippen molar-refractivity contribution >= 4 is 23.6 Å². The summed E-state index contributed by atoms with van der Waals surface area (Å²) in [7, 11) is 1.32. The summed E-state index contributed by atoms with van der Waals surface area (Å²) < 4.78 is 4.50. The fraction of sp³-hybridized carbons (Fsp3) is 0.778. The Hall–Kier alpha value is -0.750. The van der Waals surface area contributed by atoms with Crippen molar-refractivity contribution in [2.24, 2.45) is 5.73 Å². The van der Waals surface area contributed by atoms with Crippen LogP contribution in [0.2, 0.25) is 0 Å². The number of nitrogens with one attached hydrogen (secondary N) is 1. The number of carbonyl (C=O) groups is 2. The summed E-state index contributed by atoms with van der Waals surface area (Å²) in [6.07, 6.45) is 1.48. The van der Waals surface area contributed by atoms with Crippen molar-refractivity contribution in [2.75, 3.05) is 18.6 Å². The highest BCUT2D eigenvalue weighted by Crippen LogP contribution is 2.13. The summed E-state index contributed by atoms with van der Waals surface area (Å²) in [5, 5.41) is 2.85. The number of ether oxygens (including phenoxy) is 1. The minimum absolute atomic E-state index is 0.109. The smallest absolute Gasteiger partial charge is 0.323 e. The van der Waals surface area contributed by atoms with E-state index in [0.717, 1.165) is 12.2 Å². The molecular weight excluding hydrogens is 216 g/mol. The second-order valence-electron chi connectivity index (χ2n) is 3.47. The number of carbonyl (C=O) groups excluding carboxylic acids is 2. The first-order chi connectivity index (χ1) is 7.13. The van der Waals surface area contributed by atoms with Crippen LogP contribution >= 0.6 is 11.8 Å². The zero-order valence-electron chi connectivity index (χ0n) is 8.69. The minimum atomic E-state index is -0.572. The normalized spacial score (nSPS) is 22.3. The molecule has 2 unspecified atom stereocenters.